The molecule has 0 aliphatic rings. The van der Waals surface area contributed by atoms with E-state index in [4.69, 9.17) is 0 Å². The average Bonchev–Trinajstić information content (AvgIpc) is 2.31. The van der Waals surface area contributed by atoms with Gasteiger partial charge in [0.1, 0.15) is 0 Å². The van der Waals surface area contributed by atoms with Crippen molar-refractivity contribution in [2.75, 3.05) is 0 Å². The number of hydrogen-bond donors (Lipinski definition) is 0. The van der Waals surface area contributed by atoms with Gasteiger partial charge in [-0.1, -0.05) is 63.7 Å². The predicted octanol–water partition coefficient (Wildman–Crippen LogP) is 6.04. The van der Waals surface area contributed by atoms with E-state index in [1.807, 2.05) is 6.08 Å². The lowest BCUT2D eigenvalue weighted by atomic mass is 10.1. The number of hydrogen-bond acceptors (Lipinski definition) is 0. The van der Waals surface area contributed by atoms with Gasteiger partial charge >= 0.3 is 0 Å². The Bertz CT molecular complexity index is 155. The molecule has 0 heteroatoms. The molecule has 0 spiro atoms. The maximum Gasteiger partial charge on any atom is -0.0351 e. The molecule has 0 bridgehead atoms. The molecule has 0 aromatic heterocycles. The summed E-state index contributed by atoms with van der Waals surface area (Å²) in [6, 6.07) is 0. The third kappa shape index (κ3) is 13.5. The minimum atomic E-state index is 1.19. The highest BCUT2D eigenvalue weighted by Crippen LogP contribution is 2.10. The summed E-state index contributed by atoms with van der Waals surface area (Å²) >= 11 is 0. The maximum atomic E-state index is 3.74. The van der Waals surface area contributed by atoms with Crippen LogP contribution in [0, 0.1) is 0 Å². The van der Waals surface area contributed by atoms with Gasteiger partial charge in [-0.25, -0.2) is 0 Å². The van der Waals surface area contributed by atoms with Crippen molar-refractivity contribution in [3.05, 3.63) is 24.8 Å². The van der Waals surface area contributed by atoms with E-state index in [0.29, 0.717) is 0 Å². The Labute approximate surface area is 103 Å². The van der Waals surface area contributed by atoms with Crippen LogP contribution in [0.1, 0.15) is 77.6 Å². The van der Waals surface area contributed by atoms with E-state index >= 15 is 0 Å². The summed E-state index contributed by atoms with van der Waals surface area (Å²) in [4.78, 5) is 0. The smallest absolute Gasteiger partial charge is 0.0351 e. The van der Waals surface area contributed by atoms with Crippen LogP contribution >= 0.6 is 0 Å². The monoisotopic (exact) mass is 222 g/mol. The summed E-state index contributed by atoms with van der Waals surface area (Å²) in [7, 11) is 0. The molecule has 0 saturated carbocycles. The topological polar surface area (TPSA) is 0 Å². The summed E-state index contributed by atoms with van der Waals surface area (Å²) in [6.45, 7) is 5.94. The second kappa shape index (κ2) is 14.5. The van der Waals surface area contributed by atoms with Crippen molar-refractivity contribution < 1.29 is 0 Å². The fourth-order valence-electron chi connectivity index (χ4n) is 1.90. The van der Waals surface area contributed by atoms with Gasteiger partial charge in [0, 0.05) is 0 Å². The molecule has 0 saturated heterocycles. The van der Waals surface area contributed by atoms with Crippen LogP contribution in [0.25, 0.3) is 0 Å². The van der Waals surface area contributed by atoms with E-state index in [-0.39, 0.29) is 0 Å². The molecular weight excluding hydrogens is 192 g/mol. The van der Waals surface area contributed by atoms with Crippen molar-refractivity contribution in [3.8, 4) is 0 Å². The van der Waals surface area contributed by atoms with E-state index in [1.54, 1.807) is 0 Å². The van der Waals surface area contributed by atoms with E-state index in [0.717, 1.165) is 0 Å². The van der Waals surface area contributed by atoms with E-state index in [2.05, 4.69) is 25.7 Å². The van der Waals surface area contributed by atoms with E-state index in [9.17, 15) is 0 Å². The summed E-state index contributed by atoms with van der Waals surface area (Å²) < 4.78 is 0. The van der Waals surface area contributed by atoms with Crippen molar-refractivity contribution in [1.29, 1.82) is 0 Å². The Morgan fingerprint density at radius 1 is 0.688 bits per heavy atom. The lowest BCUT2D eigenvalue weighted by Gasteiger charge is -2.00. The first-order valence-electron chi connectivity index (χ1n) is 7.17. The van der Waals surface area contributed by atoms with Gasteiger partial charge < -0.3 is 0 Å². The van der Waals surface area contributed by atoms with Crippen LogP contribution in [-0.2, 0) is 0 Å². The summed E-state index contributed by atoms with van der Waals surface area (Å²) in [5, 5.41) is 0. The molecular formula is C16H30. The van der Waals surface area contributed by atoms with Crippen LogP contribution < -0.4 is 0 Å². The van der Waals surface area contributed by atoms with Gasteiger partial charge in [0.25, 0.3) is 0 Å². The zero-order valence-corrected chi connectivity index (χ0v) is 11.2. The Morgan fingerprint density at radius 2 is 1.19 bits per heavy atom. The predicted molar refractivity (Wildman–Crippen MR) is 75.8 cm³/mol. The fraction of sp³-hybridized carbons (Fsp3) is 0.750. The minimum Gasteiger partial charge on any atom is -0.103 e. The molecule has 0 unspecified atom stereocenters. The summed E-state index contributed by atoms with van der Waals surface area (Å²) in [6.07, 6.45) is 21.6. The van der Waals surface area contributed by atoms with Crippen molar-refractivity contribution in [2.24, 2.45) is 0 Å². The molecule has 0 aliphatic heterocycles. The third-order valence-electron chi connectivity index (χ3n) is 2.93. The van der Waals surface area contributed by atoms with Crippen LogP contribution in [0.15, 0.2) is 24.8 Å². The van der Waals surface area contributed by atoms with Crippen molar-refractivity contribution in [2.45, 2.75) is 77.6 Å². The molecule has 0 N–H and O–H groups in total. The molecule has 0 atom stereocenters. The van der Waals surface area contributed by atoms with Crippen molar-refractivity contribution >= 4 is 0 Å². The average molecular weight is 222 g/mol. The Morgan fingerprint density at radius 3 is 1.69 bits per heavy atom. The van der Waals surface area contributed by atoms with Crippen LogP contribution in [0.5, 0.6) is 0 Å². The second-order valence-electron chi connectivity index (χ2n) is 4.57. The van der Waals surface area contributed by atoms with E-state index in [1.165, 1.54) is 70.6 Å². The Hall–Kier alpha value is -0.520. The molecule has 0 aromatic carbocycles. The lowest BCUT2D eigenvalue weighted by molar-refractivity contribution is 0.571. The fourth-order valence-corrected chi connectivity index (χ4v) is 1.90. The Balaban J connectivity index is 2.93. The number of rotatable bonds is 12. The molecule has 94 valence electrons. The highest BCUT2D eigenvalue weighted by Gasteiger charge is 1.91. The van der Waals surface area contributed by atoms with Crippen LogP contribution in [0.3, 0.4) is 0 Å². The summed E-state index contributed by atoms with van der Waals surface area (Å²) in [5.41, 5.74) is 0. The first kappa shape index (κ1) is 15.5. The highest BCUT2D eigenvalue weighted by molar-refractivity contribution is 4.79. The molecule has 16 heavy (non-hydrogen) atoms. The van der Waals surface area contributed by atoms with Crippen LogP contribution in [0.2, 0.25) is 0 Å². The van der Waals surface area contributed by atoms with Gasteiger partial charge in [0.05, 0.1) is 0 Å². The first-order chi connectivity index (χ1) is 7.91. The second-order valence-corrected chi connectivity index (χ2v) is 4.57. The molecule has 0 radical (unpaired) electrons. The molecule has 0 amide bonds. The zero-order chi connectivity index (χ0) is 11.9. The number of unbranched alkanes of at least 4 members (excludes halogenated alkanes) is 9. The van der Waals surface area contributed by atoms with Gasteiger partial charge in [-0.2, -0.15) is 0 Å². The van der Waals surface area contributed by atoms with Crippen LogP contribution in [0.4, 0.5) is 0 Å². The SMILES string of the molecule is C=CCCCCCCCCCC/C=C\CC. The molecule has 0 nitrogen and oxygen atoms in total. The normalized spacial score (nSPS) is 11.1. The minimum absolute atomic E-state index is 1.19. The van der Waals surface area contributed by atoms with E-state index < -0.39 is 0 Å². The zero-order valence-electron chi connectivity index (χ0n) is 11.2. The first-order valence-corrected chi connectivity index (χ1v) is 7.17. The Kier molecular flexibility index (Phi) is 14.0. The van der Waals surface area contributed by atoms with Gasteiger partial charge in [-0.15, -0.1) is 6.58 Å². The molecule has 0 rings (SSSR count). The molecule has 0 aliphatic carbocycles. The van der Waals surface area contributed by atoms with Gasteiger partial charge in [0.15, 0.2) is 0 Å². The van der Waals surface area contributed by atoms with Crippen LogP contribution in [-0.4, -0.2) is 0 Å². The highest BCUT2D eigenvalue weighted by atomic mass is 14.0. The molecule has 0 aromatic rings. The van der Waals surface area contributed by atoms with Crippen molar-refractivity contribution in [1.82, 2.24) is 0 Å². The quantitative estimate of drug-likeness (QED) is 0.279. The standard InChI is InChI=1S/C16H30/c1-3-5-7-9-11-13-15-16-14-12-10-8-6-4-2/h3,6,8H,1,4-5,7,9-16H2,2H3/b8-6-. The van der Waals surface area contributed by atoms with Gasteiger partial charge in [-0.05, 0) is 32.1 Å². The lowest BCUT2D eigenvalue weighted by Crippen LogP contribution is -1.80. The third-order valence-corrected chi connectivity index (χ3v) is 2.93. The number of allylic oxidation sites excluding steroid dienone is 3. The van der Waals surface area contributed by atoms with Crippen molar-refractivity contribution in [3.63, 3.8) is 0 Å². The molecule has 0 fully saturated rings. The van der Waals surface area contributed by atoms with Gasteiger partial charge in [-0.3, -0.25) is 0 Å². The largest absolute Gasteiger partial charge is 0.103 e. The van der Waals surface area contributed by atoms with Gasteiger partial charge in [0.2, 0.25) is 0 Å². The maximum absolute atomic E-state index is 3.74. The molecule has 0 heterocycles. The summed E-state index contributed by atoms with van der Waals surface area (Å²) in [5.74, 6) is 0.